The first kappa shape index (κ1) is 12.5. The van der Waals surface area contributed by atoms with E-state index in [0.717, 1.165) is 24.6 Å². The third-order valence-electron chi connectivity index (χ3n) is 3.04. The van der Waals surface area contributed by atoms with E-state index in [4.69, 9.17) is 5.73 Å². The smallest absolute Gasteiger partial charge is 0.171 e. The highest BCUT2D eigenvalue weighted by Crippen LogP contribution is 2.20. The summed E-state index contributed by atoms with van der Waals surface area (Å²) in [6.07, 6.45) is 1.07. The maximum Gasteiger partial charge on any atom is 0.171 e. The maximum atomic E-state index is 5.88. The maximum absolute atomic E-state index is 5.88. The molecule has 96 valence electrons. The molecule has 0 radical (unpaired) electrons. The van der Waals surface area contributed by atoms with E-state index in [1.807, 2.05) is 14.0 Å². The number of nitrogens with two attached hydrogens (primary N) is 1. The topological polar surface area (TPSA) is 57.9 Å². The van der Waals surface area contributed by atoms with E-state index in [2.05, 4.69) is 46.1 Å². The van der Waals surface area contributed by atoms with Crippen LogP contribution in [0.5, 0.6) is 0 Å². The molecule has 2 aromatic rings. The summed E-state index contributed by atoms with van der Waals surface area (Å²) in [5.41, 5.74) is 8.50. The van der Waals surface area contributed by atoms with Crippen molar-refractivity contribution in [1.29, 1.82) is 0 Å². The van der Waals surface area contributed by atoms with E-state index in [9.17, 15) is 0 Å². The number of aromatic amines is 1. The normalized spacial score (nSPS) is 10.6. The number of hydrogen-bond acceptors (Lipinski definition) is 3. The highest BCUT2D eigenvalue weighted by atomic mass is 15.2. The first-order chi connectivity index (χ1) is 8.60. The fourth-order valence-corrected chi connectivity index (χ4v) is 2.02. The average Bonchev–Trinajstić information content (AvgIpc) is 2.69. The zero-order chi connectivity index (χ0) is 13.1. The first-order valence-corrected chi connectivity index (χ1v) is 6.21. The monoisotopic (exact) mass is 244 g/mol. The van der Waals surface area contributed by atoms with Crippen LogP contribution >= 0.6 is 0 Å². The number of aryl methyl sites for hydroxylation is 2. The lowest BCUT2D eigenvalue weighted by Crippen LogP contribution is -2.18. The summed E-state index contributed by atoms with van der Waals surface area (Å²) in [6.45, 7) is 4.87. The number of nitrogens with zero attached hydrogens (tertiary/aromatic N) is 2. The zero-order valence-corrected chi connectivity index (χ0v) is 11.2. The van der Waals surface area contributed by atoms with Gasteiger partial charge in [-0.1, -0.05) is 31.2 Å². The molecule has 3 N–H and O–H groups in total. The van der Waals surface area contributed by atoms with Crippen molar-refractivity contribution in [2.24, 2.45) is 0 Å². The molecule has 1 heterocycles. The van der Waals surface area contributed by atoms with Crippen LogP contribution in [0.25, 0.3) is 0 Å². The van der Waals surface area contributed by atoms with Crippen molar-refractivity contribution in [2.45, 2.75) is 26.8 Å². The molecule has 0 aliphatic rings. The number of nitrogen functional groups attached to an aromatic ring is 1. The van der Waals surface area contributed by atoms with Crippen molar-refractivity contribution >= 4 is 11.6 Å². The Hall–Kier alpha value is -1.97. The SMILES string of the molecule is CCc1ccc(CN(C)c2nc(C)[nH]c2N)cc1. The van der Waals surface area contributed by atoms with Gasteiger partial charge in [-0.2, -0.15) is 0 Å². The van der Waals surface area contributed by atoms with Crippen molar-refractivity contribution in [3.8, 4) is 0 Å². The molecule has 4 heteroatoms. The third-order valence-corrected chi connectivity index (χ3v) is 3.04. The highest BCUT2D eigenvalue weighted by molar-refractivity contribution is 5.58. The standard InChI is InChI=1S/C14H20N4/c1-4-11-5-7-12(8-6-11)9-18(3)14-13(15)16-10(2)17-14/h5-8H,4,9,15H2,1-3H3,(H,16,17). The van der Waals surface area contributed by atoms with Crippen LogP contribution in [-0.4, -0.2) is 17.0 Å². The molecule has 18 heavy (non-hydrogen) atoms. The third kappa shape index (κ3) is 2.64. The minimum Gasteiger partial charge on any atom is -0.382 e. The highest BCUT2D eigenvalue weighted by Gasteiger charge is 2.10. The summed E-state index contributed by atoms with van der Waals surface area (Å²) in [4.78, 5) is 9.46. The van der Waals surface area contributed by atoms with Crippen LogP contribution in [-0.2, 0) is 13.0 Å². The molecular weight excluding hydrogens is 224 g/mol. The zero-order valence-electron chi connectivity index (χ0n) is 11.2. The Morgan fingerprint density at radius 2 is 1.83 bits per heavy atom. The van der Waals surface area contributed by atoms with Gasteiger partial charge >= 0.3 is 0 Å². The minimum absolute atomic E-state index is 0.625. The van der Waals surface area contributed by atoms with Crippen LogP contribution in [0.15, 0.2) is 24.3 Å². The van der Waals surface area contributed by atoms with Crippen LogP contribution in [0, 0.1) is 6.92 Å². The average molecular weight is 244 g/mol. The van der Waals surface area contributed by atoms with E-state index < -0.39 is 0 Å². The van der Waals surface area contributed by atoms with Gasteiger partial charge in [0.1, 0.15) is 11.6 Å². The van der Waals surface area contributed by atoms with Gasteiger partial charge in [0.15, 0.2) is 5.82 Å². The number of rotatable bonds is 4. The van der Waals surface area contributed by atoms with Crippen LogP contribution in [0.1, 0.15) is 23.9 Å². The lowest BCUT2D eigenvalue weighted by molar-refractivity contribution is 0.901. The fraction of sp³-hybridized carbons (Fsp3) is 0.357. The first-order valence-electron chi connectivity index (χ1n) is 6.21. The van der Waals surface area contributed by atoms with Gasteiger partial charge in [-0.25, -0.2) is 4.98 Å². The molecule has 0 atom stereocenters. The van der Waals surface area contributed by atoms with Gasteiger partial charge in [-0.3, -0.25) is 0 Å². The number of aromatic nitrogens is 2. The number of H-pyrrole nitrogens is 1. The van der Waals surface area contributed by atoms with Gasteiger partial charge in [0.05, 0.1) is 0 Å². The van der Waals surface area contributed by atoms with Crippen molar-refractivity contribution in [3.63, 3.8) is 0 Å². The van der Waals surface area contributed by atoms with E-state index >= 15 is 0 Å². The molecule has 0 fully saturated rings. The number of imidazole rings is 1. The molecular formula is C14H20N4. The van der Waals surface area contributed by atoms with Crippen LogP contribution in [0.4, 0.5) is 11.6 Å². The number of hydrogen-bond donors (Lipinski definition) is 2. The Kier molecular flexibility index (Phi) is 3.55. The minimum atomic E-state index is 0.625. The fourth-order valence-electron chi connectivity index (χ4n) is 2.02. The molecule has 0 spiro atoms. The molecule has 0 bridgehead atoms. The van der Waals surface area contributed by atoms with Gasteiger partial charge in [0.25, 0.3) is 0 Å². The van der Waals surface area contributed by atoms with Gasteiger partial charge in [-0.15, -0.1) is 0 Å². The second kappa shape index (κ2) is 5.12. The predicted octanol–water partition coefficient (Wildman–Crippen LogP) is 2.50. The van der Waals surface area contributed by atoms with E-state index in [-0.39, 0.29) is 0 Å². The number of benzene rings is 1. The van der Waals surface area contributed by atoms with E-state index in [0.29, 0.717) is 5.82 Å². The number of anilines is 2. The summed E-state index contributed by atoms with van der Waals surface area (Å²) >= 11 is 0. The Morgan fingerprint density at radius 1 is 1.22 bits per heavy atom. The van der Waals surface area contributed by atoms with Gasteiger partial charge in [0, 0.05) is 13.6 Å². The lowest BCUT2D eigenvalue weighted by atomic mass is 10.1. The second-order valence-electron chi connectivity index (χ2n) is 4.59. The Balaban J connectivity index is 2.10. The Bertz CT molecular complexity index is 513. The summed E-state index contributed by atoms with van der Waals surface area (Å²) in [5.74, 6) is 2.28. The number of nitrogens with one attached hydrogen (secondary N) is 1. The Labute approximate surface area is 108 Å². The van der Waals surface area contributed by atoms with Crippen molar-refractivity contribution in [3.05, 3.63) is 41.2 Å². The molecule has 0 aliphatic carbocycles. The molecule has 1 aromatic carbocycles. The summed E-state index contributed by atoms with van der Waals surface area (Å²) < 4.78 is 0. The van der Waals surface area contributed by atoms with Gasteiger partial charge in [0.2, 0.25) is 0 Å². The summed E-state index contributed by atoms with van der Waals surface area (Å²) in [5, 5.41) is 0. The molecule has 1 aromatic heterocycles. The van der Waals surface area contributed by atoms with Gasteiger partial charge < -0.3 is 15.6 Å². The van der Waals surface area contributed by atoms with Crippen LogP contribution in [0.3, 0.4) is 0 Å². The molecule has 0 saturated carbocycles. The van der Waals surface area contributed by atoms with Crippen LogP contribution < -0.4 is 10.6 Å². The second-order valence-corrected chi connectivity index (χ2v) is 4.59. The lowest BCUT2D eigenvalue weighted by Gasteiger charge is -2.17. The predicted molar refractivity (Wildman–Crippen MR) is 75.7 cm³/mol. The van der Waals surface area contributed by atoms with Gasteiger partial charge in [-0.05, 0) is 24.5 Å². The van der Waals surface area contributed by atoms with Crippen molar-refractivity contribution in [2.75, 3.05) is 17.7 Å². The summed E-state index contributed by atoms with van der Waals surface area (Å²) in [6, 6.07) is 8.65. The Morgan fingerprint density at radius 3 is 2.33 bits per heavy atom. The largest absolute Gasteiger partial charge is 0.382 e. The van der Waals surface area contributed by atoms with E-state index in [1.54, 1.807) is 0 Å². The summed E-state index contributed by atoms with van der Waals surface area (Å²) in [7, 11) is 2.00. The molecule has 0 saturated heterocycles. The molecule has 0 unspecified atom stereocenters. The molecule has 2 rings (SSSR count). The quantitative estimate of drug-likeness (QED) is 0.868. The molecule has 0 amide bonds. The van der Waals surface area contributed by atoms with E-state index in [1.165, 1.54) is 11.1 Å². The molecule has 0 aliphatic heterocycles. The van der Waals surface area contributed by atoms with Crippen molar-refractivity contribution < 1.29 is 0 Å². The van der Waals surface area contributed by atoms with Crippen LogP contribution in [0.2, 0.25) is 0 Å². The van der Waals surface area contributed by atoms with Crippen molar-refractivity contribution in [1.82, 2.24) is 9.97 Å². The molecule has 4 nitrogen and oxygen atoms in total.